The molecular formula is C8H7F3N2O. The molecule has 1 heterocycles. The maximum Gasteiger partial charge on any atom is 0.268 e. The van der Waals surface area contributed by atoms with Gasteiger partial charge in [-0.05, 0) is 0 Å². The first-order chi connectivity index (χ1) is 6.61. The molecule has 0 saturated carbocycles. The van der Waals surface area contributed by atoms with Gasteiger partial charge in [0.2, 0.25) is 0 Å². The molecule has 0 aliphatic heterocycles. The standard InChI is InChI=1S/C8H7F3N2O/c9-7-4(3-14)2-13-5(1-12)6(7)8(10)11/h2-3,8H,1,12H2. The van der Waals surface area contributed by atoms with Crippen molar-refractivity contribution in [2.75, 3.05) is 0 Å². The van der Waals surface area contributed by atoms with Crippen LogP contribution in [-0.4, -0.2) is 11.3 Å². The van der Waals surface area contributed by atoms with Gasteiger partial charge < -0.3 is 5.73 Å². The fourth-order valence-electron chi connectivity index (χ4n) is 1.02. The Kier molecular flexibility index (Phi) is 3.19. The van der Waals surface area contributed by atoms with Gasteiger partial charge >= 0.3 is 0 Å². The number of nitrogens with two attached hydrogens (primary N) is 1. The van der Waals surface area contributed by atoms with Crippen LogP contribution < -0.4 is 5.73 Å². The molecule has 0 aromatic carbocycles. The normalized spacial score (nSPS) is 10.6. The lowest BCUT2D eigenvalue weighted by Gasteiger charge is -2.07. The molecule has 6 heteroatoms. The summed E-state index contributed by atoms with van der Waals surface area (Å²) in [5, 5.41) is 0. The zero-order valence-electron chi connectivity index (χ0n) is 7.01. The fraction of sp³-hybridized carbons (Fsp3) is 0.250. The molecule has 0 amide bonds. The van der Waals surface area contributed by atoms with Crippen molar-refractivity contribution < 1.29 is 18.0 Å². The molecule has 0 atom stereocenters. The van der Waals surface area contributed by atoms with Crippen LogP contribution in [-0.2, 0) is 6.54 Å². The van der Waals surface area contributed by atoms with Gasteiger partial charge in [0, 0.05) is 12.7 Å². The number of aromatic nitrogens is 1. The van der Waals surface area contributed by atoms with E-state index in [0.29, 0.717) is 0 Å². The summed E-state index contributed by atoms with van der Waals surface area (Å²) in [6.07, 6.45) is -2.01. The van der Waals surface area contributed by atoms with Gasteiger partial charge in [-0.2, -0.15) is 0 Å². The fourth-order valence-corrected chi connectivity index (χ4v) is 1.02. The maximum absolute atomic E-state index is 13.2. The molecule has 1 aromatic rings. The highest BCUT2D eigenvalue weighted by molar-refractivity contribution is 5.75. The first kappa shape index (κ1) is 10.6. The summed E-state index contributed by atoms with van der Waals surface area (Å²) in [6.45, 7) is -0.296. The van der Waals surface area contributed by atoms with Crippen LogP contribution in [0.3, 0.4) is 0 Å². The number of hydrogen-bond donors (Lipinski definition) is 1. The minimum Gasteiger partial charge on any atom is -0.325 e. The minimum atomic E-state index is -3.03. The van der Waals surface area contributed by atoms with E-state index in [2.05, 4.69) is 4.98 Å². The van der Waals surface area contributed by atoms with Crippen LogP contribution in [0.5, 0.6) is 0 Å². The maximum atomic E-state index is 13.2. The van der Waals surface area contributed by atoms with Gasteiger partial charge in [-0.1, -0.05) is 0 Å². The topological polar surface area (TPSA) is 56.0 Å². The van der Waals surface area contributed by atoms with E-state index in [4.69, 9.17) is 5.73 Å². The third-order valence-corrected chi connectivity index (χ3v) is 1.70. The Bertz CT molecular complexity index is 355. The van der Waals surface area contributed by atoms with Crippen molar-refractivity contribution in [3.8, 4) is 0 Å². The van der Waals surface area contributed by atoms with Crippen LogP contribution in [0.25, 0.3) is 0 Å². The van der Waals surface area contributed by atoms with Crippen LogP contribution in [0.1, 0.15) is 28.0 Å². The highest BCUT2D eigenvalue weighted by Gasteiger charge is 2.21. The molecular weight excluding hydrogens is 197 g/mol. The SMILES string of the molecule is NCc1ncc(C=O)c(F)c1C(F)F. The Morgan fingerprint density at radius 1 is 1.57 bits per heavy atom. The third-order valence-electron chi connectivity index (χ3n) is 1.70. The zero-order chi connectivity index (χ0) is 10.7. The van der Waals surface area contributed by atoms with E-state index in [1.165, 1.54) is 0 Å². The third kappa shape index (κ3) is 1.74. The molecule has 1 aromatic heterocycles. The summed E-state index contributed by atoms with van der Waals surface area (Å²) in [5.74, 6) is -1.24. The summed E-state index contributed by atoms with van der Waals surface area (Å²) < 4.78 is 37.8. The summed E-state index contributed by atoms with van der Waals surface area (Å²) in [6, 6.07) is 0. The van der Waals surface area contributed by atoms with E-state index >= 15 is 0 Å². The van der Waals surface area contributed by atoms with Crippen molar-refractivity contribution >= 4 is 6.29 Å². The van der Waals surface area contributed by atoms with Crippen molar-refractivity contribution in [2.45, 2.75) is 13.0 Å². The average Bonchev–Trinajstić information content (AvgIpc) is 2.16. The second kappa shape index (κ2) is 4.19. The lowest BCUT2D eigenvalue weighted by molar-refractivity contribution is 0.111. The van der Waals surface area contributed by atoms with Crippen molar-refractivity contribution in [1.29, 1.82) is 0 Å². The molecule has 1 rings (SSSR count). The van der Waals surface area contributed by atoms with Crippen LogP contribution >= 0.6 is 0 Å². The molecule has 0 bridgehead atoms. The lowest BCUT2D eigenvalue weighted by atomic mass is 10.1. The monoisotopic (exact) mass is 204 g/mol. The molecule has 14 heavy (non-hydrogen) atoms. The number of carbonyl (C=O) groups excluding carboxylic acids is 1. The summed E-state index contributed by atoms with van der Waals surface area (Å²) >= 11 is 0. The molecule has 3 nitrogen and oxygen atoms in total. The Labute approximate surface area is 77.7 Å². The van der Waals surface area contributed by atoms with E-state index in [-0.39, 0.29) is 18.5 Å². The largest absolute Gasteiger partial charge is 0.325 e. The summed E-state index contributed by atoms with van der Waals surface area (Å²) in [4.78, 5) is 13.7. The van der Waals surface area contributed by atoms with Crippen LogP contribution in [0, 0.1) is 5.82 Å². The Hall–Kier alpha value is -1.43. The number of nitrogens with zero attached hydrogens (tertiary/aromatic N) is 1. The number of rotatable bonds is 3. The molecule has 0 fully saturated rings. The van der Waals surface area contributed by atoms with Gasteiger partial charge in [-0.25, -0.2) is 13.2 Å². The summed E-state index contributed by atoms with van der Waals surface area (Å²) in [7, 11) is 0. The van der Waals surface area contributed by atoms with Gasteiger partial charge in [0.25, 0.3) is 6.43 Å². The van der Waals surface area contributed by atoms with Crippen molar-refractivity contribution in [1.82, 2.24) is 4.98 Å². The second-order valence-electron chi connectivity index (χ2n) is 2.51. The van der Waals surface area contributed by atoms with Crippen molar-refractivity contribution in [3.63, 3.8) is 0 Å². The Balaban J connectivity index is 3.38. The van der Waals surface area contributed by atoms with E-state index in [1.54, 1.807) is 0 Å². The smallest absolute Gasteiger partial charge is 0.268 e. The molecule has 0 saturated heterocycles. The first-order valence-corrected chi connectivity index (χ1v) is 3.72. The van der Waals surface area contributed by atoms with Crippen LogP contribution in [0.15, 0.2) is 6.20 Å². The van der Waals surface area contributed by atoms with Gasteiger partial charge in [-0.3, -0.25) is 9.78 Å². The average molecular weight is 204 g/mol. The molecule has 0 radical (unpaired) electrons. The van der Waals surface area contributed by atoms with Crippen molar-refractivity contribution in [2.24, 2.45) is 5.73 Å². The van der Waals surface area contributed by atoms with Crippen LogP contribution in [0.4, 0.5) is 13.2 Å². The summed E-state index contributed by atoms with van der Waals surface area (Å²) in [5.41, 5.74) is 3.48. The van der Waals surface area contributed by atoms with Crippen molar-refractivity contribution in [3.05, 3.63) is 28.8 Å². The van der Waals surface area contributed by atoms with Gasteiger partial charge in [0.15, 0.2) is 6.29 Å². The number of carbonyl (C=O) groups is 1. The molecule has 0 aliphatic rings. The van der Waals surface area contributed by atoms with E-state index in [1.807, 2.05) is 0 Å². The van der Waals surface area contributed by atoms with E-state index in [0.717, 1.165) is 6.20 Å². The highest BCUT2D eigenvalue weighted by Crippen LogP contribution is 2.25. The predicted octanol–water partition coefficient (Wildman–Crippen LogP) is 1.43. The predicted molar refractivity (Wildman–Crippen MR) is 42.4 cm³/mol. The number of hydrogen-bond acceptors (Lipinski definition) is 3. The van der Waals surface area contributed by atoms with Gasteiger partial charge in [0.1, 0.15) is 5.82 Å². The first-order valence-electron chi connectivity index (χ1n) is 3.72. The molecule has 0 spiro atoms. The minimum absolute atomic E-state index is 0.133. The lowest BCUT2D eigenvalue weighted by Crippen LogP contribution is -2.09. The number of alkyl halides is 2. The number of pyridine rings is 1. The van der Waals surface area contributed by atoms with Gasteiger partial charge in [-0.15, -0.1) is 0 Å². The Morgan fingerprint density at radius 3 is 2.64 bits per heavy atom. The molecule has 76 valence electrons. The zero-order valence-corrected chi connectivity index (χ0v) is 7.01. The quantitative estimate of drug-likeness (QED) is 0.757. The van der Waals surface area contributed by atoms with Gasteiger partial charge in [0.05, 0.1) is 16.8 Å². The van der Waals surface area contributed by atoms with Crippen LogP contribution in [0.2, 0.25) is 0 Å². The number of aldehydes is 1. The molecule has 0 aliphatic carbocycles. The Morgan fingerprint density at radius 2 is 2.21 bits per heavy atom. The second-order valence-corrected chi connectivity index (χ2v) is 2.51. The molecule has 0 unspecified atom stereocenters. The number of halogens is 3. The van der Waals surface area contributed by atoms with E-state index in [9.17, 15) is 18.0 Å². The molecule has 2 N–H and O–H groups in total. The highest BCUT2D eigenvalue weighted by atomic mass is 19.3. The van der Waals surface area contributed by atoms with E-state index < -0.39 is 23.4 Å².